The number of amides is 1. The Morgan fingerprint density at radius 1 is 1.42 bits per heavy atom. The van der Waals surface area contributed by atoms with E-state index in [4.69, 9.17) is 11.6 Å². The number of hydrogen-bond acceptors (Lipinski definition) is 3. The summed E-state index contributed by atoms with van der Waals surface area (Å²) in [6, 6.07) is 4.86. The molecule has 0 saturated carbocycles. The minimum absolute atomic E-state index is 0.134. The highest BCUT2D eigenvalue weighted by Gasteiger charge is 2.32. The number of carbonyl (C=O) groups is 1. The van der Waals surface area contributed by atoms with Gasteiger partial charge in [-0.1, -0.05) is 11.6 Å². The fourth-order valence-corrected chi connectivity index (χ4v) is 4.33. The summed E-state index contributed by atoms with van der Waals surface area (Å²) < 4.78 is 0.752. The van der Waals surface area contributed by atoms with E-state index in [1.54, 1.807) is 0 Å². The Hall–Kier alpha value is -0.580. The van der Waals surface area contributed by atoms with E-state index in [-0.39, 0.29) is 5.91 Å². The van der Waals surface area contributed by atoms with Crippen molar-refractivity contribution in [3.05, 3.63) is 21.3 Å². The fraction of sp³-hybridized carbons (Fsp3) is 0.643. The van der Waals surface area contributed by atoms with Crippen LogP contribution in [0.2, 0.25) is 4.34 Å². The van der Waals surface area contributed by atoms with Gasteiger partial charge in [0.15, 0.2) is 0 Å². The van der Waals surface area contributed by atoms with E-state index in [0.29, 0.717) is 18.5 Å². The van der Waals surface area contributed by atoms with Gasteiger partial charge in [-0.2, -0.15) is 0 Å². The molecule has 0 unspecified atom stereocenters. The summed E-state index contributed by atoms with van der Waals surface area (Å²) in [6.07, 6.45) is 5.29. The molecule has 1 aromatic rings. The van der Waals surface area contributed by atoms with E-state index >= 15 is 0 Å². The van der Waals surface area contributed by atoms with Crippen LogP contribution in [0.3, 0.4) is 0 Å². The van der Waals surface area contributed by atoms with Gasteiger partial charge in [0.05, 0.1) is 10.8 Å². The van der Waals surface area contributed by atoms with Gasteiger partial charge < -0.3 is 10.2 Å². The number of carbonyl (C=O) groups excluding carboxylic acids is 1. The Kier molecular flexibility index (Phi) is 4.10. The first-order chi connectivity index (χ1) is 9.20. The highest BCUT2D eigenvalue weighted by molar-refractivity contribution is 7.16. The second-order valence-corrected chi connectivity index (χ2v) is 7.30. The molecule has 2 saturated heterocycles. The molecule has 5 heteroatoms. The molecule has 104 valence electrons. The molecule has 3 heterocycles. The van der Waals surface area contributed by atoms with Crippen LogP contribution in [0.15, 0.2) is 12.1 Å². The van der Waals surface area contributed by atoms with Crippen molar-refractivity contribution < 1.29 is 4.79 Å². The van der Waals surface area contributed by atoms with Crippen LogP contribution in [0.25, 0.3) is 0 Å². The van der Waals surface area contributed by atoms with Crippen molar-refractivity contribution in [1.29, 1.82) is 0 Å². The standard InChI is InChI=1S/C14H19ClN2OS/c15-13-4-3-12(19-13)9-14(18)16-10-5-7-17-6-1-2-11(17)8-10/h3-4,10-11H,1-2,5-9H2,(H,16,18)/t10-,11+/m1/s1. The van der Waals surface area contributed by atoms with Crippen LogP contribution in [0.1, 0.15) is 30.6 Å². The Morgan fingerprint density at radius 2 is 2.32 bits per heavy atom. The molecule has 2 atom stereocenters. The van der Waals surface area contributed by atoms with Gasteiger partial charge in [-0.3, -0.25) is 4.79 Å². The molecular formula is C14H19ClN2OS. The zero-order valence-corrected chi connectivity index (χ0v) is 12.5. The first kappa shape index (κ1) is 13.4. The Bertz CT molecular complexity index is 462. The van der Waals surface area contributed by atoms with Crippen molar-refractivity contribution in [2.24, 2.45) is 0 Å². The van der Waals surface area contributed by atoms with Crippen molar-refractivity contribution in [1.82, 2.24) is 10.2 Å². The zero-order chi connectivity index (χ0) is 13.2. The van der Waals surface area contributed by atoms with E-state index in [1.165, 1.54) is 30.7 Å². The van der Waals surface area contributed by atoms with Gasteiger partial charge in [-0.15, -0.1) is 11.3 Å². The highest BCUT2D eigenvalue weighted by Crippen LogP contribution is 2.27. The number of nitrogens with one attached hydrogen (secondary N) is 1. The van der Waals surface area contributed by atoms with E-state index in [2.05, 4.69) is 10.2 Å². The van der Waals surface area contributed by atoms with Crippen LogP contribution in [-0.2, 0) is 11.2 Å². The first-order valence-electron chi connectivity index (χ1n) is 6.98. The average Bonchev–Trinajstić information content (AvgIpc) is 2.97. The summed E-state index contributed by atoms with van der Waals surface area (Å²) >= 11 is 7.37. The van der Waals surface area contributed by atoms with Crippen LogP contribution in [0.4, 0.5) is 0 Å². The molecule has 0 aromatic carbocycles. The van der Waals surface area contributed by atoms with Crippen molar-refractivity contribution in [3.63, 3.8) is 0 Å². The van der Waals surface area contributed by atoms with E-state index < -0.39 is 0 Å². The SMILES string of the molecule is O=C(Cc1ccc(Cl)s1)N[C@@H]1CCN2CCC[C@H]2C1. The minimum atomic E-state index is 0.134. The smallest absolute Gasteiger partial charge is 0.225 e. The lowest BCUT2D eigenvalue weighted by molar-refractivity contribution is -0.121. The number of halogens is 1. The van der Waals surface area contributed by atoms with Gasteiger partial charge in [-0.25, -0.2) is 0 Å². The zero-order valence-electron chi connectivity index (χ0n) is 10.9. The second kappa shape index (κ2) is 5.81. The summed E-state index contributed by atoms with van der Waals surface area (Å²) in [6.45, 7) is 2.39. The van der Waals surface area contributed by atoms with Gasteiger partial charge >= 0.3 is 0 Å². The average molecular weight is 299 g/mol. The molecule has 2 fully saturated rings. The predicted octanol–water partition coefficient (Wildman–Crippen LogP) is 2.69. The second-order valence-electron chi connectivity index (χ2n) is 5.50. The molecule has 0 spiro atoms. The van der Waals surface area contributed by atoms with E-state index in [1.807, 2.05) is 12.1 Å². The summed E-state index contributed by atoms with van der Waals surface area (Å²) in [5.41, 5.74) is 0. The third-order valence-electron chi connectivity index (χ3n) is 4.15. The molecule has 0 aliphatic carbocycles. The summed E-state index contributed by atoms with van der Waals surface area (Å²) in [4.78, 5) is 15.6. The van der Waals surface area contributed by atoms with Gasteiger partial charge in [-0.05, 0) is 44.4 Å². The number of rotatable bonds is 3. The van der Waals surface area contributed by atoms with Crippen LogP contribution < -0.4 is 5.32 Å². The number of nitrogens with zero attached hydrogens (tertiary/aromatic N) is 1. The molecule has 1 aromatic heterocycles. The van der Waals surface area contributed by atoms with Crippen molar-refractivity contribution in [2.75, 3.05) is 13.1 Å². The monoisotopic (exact) mass is 298 g/mol. The molecule has 0 bridgehead atoms. The molecule has 1 N–H and O–H groups in total. The molecule has 1 amide bonds. The van der Waals surface area contributed by atoms with Crippen LogP contribution in [0.5, 0.6) is 0 Å². The summed E-state index contributed by atoms with van der Waals surface area (Å²) in [7, 11) is 0. The minimum Gasteiger partial charge on any atom is -0.353 e. The maximum atomic E-state index is 12.0. The number of fused-ring (bicyclic) bond motifs is 1. The molecular weight excluding hydrogens is 280 g/mol. The Labute approximate surface area is 122 Å². The molecule has 0 radical (unpaired) electrons. The Morgan fingerprint density at radius 3 is 3.11 bits per heavy atom. The van der Waals surface area contributed by atoms with E-state index in [9.17, 15) is 4.79 Å². The quantitative estimate of drug-likeness (QED) is 0.930. The maximum Gasteiger partial charge on any atom is 0.225 e. The van der Waals surface area contributed by atoms with Gasteiger partial charge in [0, 0.05) is 23.5 Å². The third kappa shape index (κ3) is 3.30. The lowest BCUT2D eigenvalue weighted by atomic mass is 9.97. The number of thiophene rings is 1. The molecule has 3 nitrogen and oxygen atoms in total. The van der Waals surface area contributed by atoms with Crippen molar-refractivity contribution >= 4 is 28.8 Å². The number of piperidine rings is 1. The number of hydrogen-bond donors (Lipinski definition) is 1. The first-order valence-corrected chi connectivity index (χ1v) is 8.18. The summed E-state index contributed by atoms with van der Waals surface area (Å²) in [5.74, 6) is 0.134. The lowest BCUT2D eigenvalue weighted by Gasteiger charge is -2.35. The third-order valence-corrected chi connectivity index (χ3v) is 5.38. The van der Waals surface area contributed by atoms with Crippen LogP contribution in [0, 0.1) is 0 Å². The van der Waals surface area contributed by atoms with E-state index in [0.717, 1.165) is 28.6 Å². The Balaban J connectivity index is 1.49. The van der Waals surface area contributed by atoms with Gasteiger partial charge in [0.25, 0.3) is 0 Å². The lowest BCUT2D eigenvalue weighted by Crippen LogP contribution is -2.47. The highest BCUT2D eigenvalue weighted by atomic mass is 35.5. The largest absolute Gasteiger partial charge is 0.353 e. The molecule has 19 heavy (non-hydrogen) atoms. The van der Waals surface area contributed by atoms with Crippen LogP contribution >= 0.6 is 22.9 Å². The van der Waals surface area contributed by atoms with Crippen molar-refractivity contribution in [2.45, 2.75) is 44.2 Å². The fourth-order valence-electron chi connectivity index (χ4n) is 3.24. The molecule has 3 rings (SSSR count). The predicted molar refractivity (Wildman–Crippen MR) is 78.8 cm³/mol. The summed E-state index contributed by atoms with van der Waals surface area (Å²) in [5, 5.41) is 3.19. The van der Waals surface area contributed by atoms with Crippen LogP contribution in [-0.4, -0.2) is 36.0 Å². The topological polar surface area (TPSA) is 32.3 Å². The normalized spacial score (nSPS) is 27.2. The van der Waals surface area contributed by atoms with Gasteiger partial charge in [0.1, 0.15) is 0 Å². The molecule has 2 aliphatic heterocycles. The van der Waals surface area contributed by atoms with Gasteiger partial charge in [0.2, 0.25) is 5.91 Å². The molecule has 2 aliphatic rings. The van der Waals surface area contributed by atoms with Crippen molar-refractivity contribution in [3.8, 4) is 0 Å². The maximum absolute atomic E-state index is 12.0.